The van der Waals surface area contributed by atoms with Crippen LogP contribution in [0.25, 0.3) is 0 Å². The summed E-state index contributed by atoms with van der Waals surface area (Å²) in [6.45, 7) is 3.02. The Hall–Kier alpha value is -2.34. The van der Waals surface area contributed by atoms with Crippen molar-refractivity contribution in [2.75, 3.05) is 26.7 Å². The fourth-order valence-corrected chi connectivity index (χ4v) is 2.91. The maximum Gasteiger partial charge on any atom is 0.224 e. The van der Waals surface area contributed by atoms with Gasteiger partial charge in [0.25, 0.3) is 0 Å². The van der Waals surface area contributed by atoms with Crippen LogP contribution in [0.4, 0.5) is 0 Å². The fourth-order valence-electron chi connectivity index (χ4n) is 2.91. The first kappa shape index (κ1) is 15.6. The van der Waals surface area contributed by atoms with Gasteiger partial charge in [0.1, 0.15) is 5.75 Å². The van der Waals surface area contributed by atoms with Gasteiger partial charge in [-0.25, -0.2) is 4.98 Å². The zero-order valence-corrected chi connectivity index (χ0v) is 13.3. The van der Waals surface area contributed by atoms with Gasteiger partial charge in [-0.05, 0) is 17.7 Å². The number of nitrogens with one attached hydrogen (secondary N) is 1. The second kappa shape index (κ2) is 7.28. The van der Waals surface area contributed by atoms with Crippen molar-refractivity contribution in [1.82, 2.24) is 19.8 Å². The third kappa shape index (κ3) is 3.71. The average molecular weight is 314 g/mol. The van der Waals surface area contributed by atoms with Crippen LogP contribution in [-0.4, -0.2) is 47.1 Å². The van der Waals surface area contributed by atoms with Crippen LogP contribution < -0.4 is 10.1 Å². The topological polar surface area (TPSA) is 59.4 Å². The zero-order chi connectivity index (χ0) is 16.1. The number of aryl methyl sites for hydroxylation is 1. The molecule has 2 heterocycles. The molecule has 6 heteroatoms. The maximum atomic E-state index is 12.6. The van der Waals surface area contributed by atoms with Crippen LogP contribution in [0.2, 0.25) is 0 Å². The Balaban J connectivity index is 1.68. The Morgan fingerprint density at radius 3 is 2.91 bits per heavy atom. The SMILES string of the molecule is COc1ccc(C2CNCCN2C(=O)CCn2ccnc2)cc1. The first-order valence-electron chi connectivity index (χ1n) is 7.88. The molecule has 3 rings (SSSR count). The Bertz CT molecular complexity index is 625. The van der Waals surface area contributed by atoms with Gasteiger partial charge in [0.15, 0.2) is 0 Å². The summed E-state index contributed by atoms with van der Waals surface area (Å²) >= 11 is 0. The highest BCUT2D eigenvalue weighted by Gasteiger charge is 2.27. The molecule has 2 aromatic rings. The van der Waals surface area contributed by atoms with Gasteiger partial charge in [0.05, 0.1) is 19.5 Å². The van der Waals surface area contributed by atoms with Crippen LogP contribution in [0.5, 0.6) is 5.75 Å². The second-order valence-electron chi connectivity index (χ2n) is 5.63. The van der Waals surface area contributed by atoms with Crippen molar-refractivity contribution in [3.8, 4) is 5.75 Å². The highest BCUT2D eigenvalue weighted by molar-refractivity contribution is 5.76. The van der Waals surface area contributed by atoms with E-state index in [9.17, 15) is 4.79 Å². The van der Waals surface area contributed by atoms with Crippen molar-refractivity contribution in [2.24, 2.45) is 0 Å². The van der Waals surface area contributed by atoms with Crippen molar-refractivity contribution in [2.45, 2.75) is 19.0 Å². The molecule has 23 heavy (non-hydrogen) atoms. The van der Waals surface area contributed by atoms with E-state index in [2.05, 4.69) is 10.3 Å². The largest absolute Gasteiger partial charge is 0.497 e. The number of benzene rings is 1. The van der Waals surface area contributed by atoms with Crippen molar-refractivity contribution in [3.63, 3.8) is 0 Å². The number of rotatable bonds is 5. The van der Waals surface area contributed by atoms with Crippen molar-refractivity contribution in [1.29, 1.82) is 0 Å². The lowest BCUT2D eigenvalue weighted by Gasteiger charge is -2.36. The molecule has 0 bridgehead atoms. The molecule has 1 aromatic heterocycles. The molecule has 1 saturated heterocycles. The van der Waals surface area contributed by atoms with Gasteiger partial charge in [-0.1, -0.05) is 12.1 Å². The molecular weight excluding hydrogens is 292 g/mol. The van der Waals surface area contributed by atoms with Crippen LogP contribution >= 0.6 is 0 Å². The average Bonchev–Trinajstić information content (AvgIpc) is 3.13. The molecule has 1 aliphatic rings. The van der Waals surface area contributed by atoms with Gasteiger partial charge in [0.2, 0.25) is 5.91 Å². The predicted molar refractivity (Wildman–Crippen MR) is 87.2 cm³/mol. The minimum absolute atomic E-state index is 0.0740. The van der Waals surface area contributed by atoms with Crippen molar-refractivity contribution in [3.05, 3.63) is 48.5 Å². The molecule has 0 radical (unpaired) electrons. The number of hydrogen-bond acceptors (Lipinski definition) is 4. The summed E-state index contributed by atoms with van der Waals surface area (Å²) in [6.07, 6.45) is 5.84. The number of methoxy groups -OCH3 is 1. The Morgan fingerprint density at radius 1 is 1.39 bits per heavy atom. The summed E-state index contributed by atoms with van der Waals surface area (Å²) in [5.74, 6) is 1.01. The normalized spacial score (nSPS) is 18.0. The molecule has 1 atom stereocenters. The summed E-state index contributed by atoms with van der Waals surface area (Å²) in [5, 5.41) is 3.38. The van der Waals surface area contributed by atoms with E-state index in [0.717, 1.165) is 30.9 Å². The number of amides is 1. The summed E-state index contributed by atoms with van der Waals surface area (Å²) in [7, 11) is 1.66. The number of ether oxygens (including phenoxy) is 1. The number of imidazole rings is 1. The van der Waals surface area contributed by atoms with E-state index in [4.69, 9.17) is 4.74 Å². The summed E-state index contributed by atoms with van der Waals surface area (Å²) in [6, 6.07) is 8.03. The van der Waals surface area contributed by atoms with E-state index in [1.165, 1.54) is 0 Å². The van der Waals surface area contributed by atoms with Gasteiger partial charge in [-0.2, -0.15) is 0 Å². The molecule has 0 saturated carbocycles. The summed E-state index contributed by atoms with van der Waals surface area (Å²) in [5.41, 5.74) is 1.13. The first-order valence-corrected chi connectivity index (χ1v) is 7.88. The lowest BCUT2D eigenvalue weighted by Crippen LogP contribution is -2.48. The minimum atomic E-state index is 0.0740. The number of carbonyl (C=O) groups excluding carboxylic acids is 1. The van der Waals surface area contributed by atoms with Crippen molar-refractivity contribution >= 4 is 5.91 Å². The Morgan fingerprint density at radius 2 is 2.22 bits per heavy atom. The molecule has 122 valence electrons. The van der Waals surface area contributed by atoms with Crippen LogP contribution in [0.15, 0.2) is 43.0 Å². The van der Waals surface area contributed by atoms with Gasteiger partial charge in [0, 0.05) is 45.0 Å². The number of hydrogen-bond donors (Lipinski definition) is 1. The Kier molecular flexibility index (Phi) is 4.92. The number of carbonyl (C=O) groups is 1. The third-order valence-electron chi connectivity index (χ3n) is 4.21. The van der Waals surface area contributed by atoms with E-state index in [1.54, 1.807) is 19.6 Å². The monoisotopic (exact) mass is 314 g/mol. The predicted octanol–water partition coefficient (Wildman–Crippen LogP) is 1.45. The molecule has 0 spiro atoms. The zero-order valence-electron chi connectivity index (χ0n) is 13.3. The van der Waals surface area contributed by atoms with E-state index < -0.39 is 0 Å². The summed E-state index contributed by atoms with van der Waals surface area (Å²) in [4.78, 5) is 18.6. The lowest BCUT2D eigenvalue weighted by molar-refractivity contribution is -0.134. The quantitative estimate of drug-likeness (QED) is 0.907. The van der Waals surface area contributed by atoms with Gasteiger partial charge < -0.3 is 19.5 Å². The van der Waals surface area contributed by atoms with Crippen LogP contribution in [0, 0.1) is 0 Å². The summed E-state index contributed by atoms with van der Waals surface area (Å²) < 4.78 is 7.14. The number of aromatic nitrogens is 2. The van der Waals surface area contributed by atoms with Gasteiger partial charge in [-0.15, -0.1) is 0 Å². The molecule has 1 aliphatic heterocycles. The van der Waals surface area contributed by atoms with E-state index in [0.29, 0.717) is 13.0 Å². The standard InChI is InChI=1S/C17H22N4O2/c1-23-15-4-2-14(3-5-15)16-12-18-8-11-21(16)17(22)6-9-20-10-7-19-13-20/h2-5,7,10,13,16,18H,6,8-9,11-12H2,1H3. The van der Waals surface area contributed by atoms with E-state index in [-0.39, 0.29) is 11.9 Å². The van der Waals surface area contributed by atoms with Crippen LogP contribution in [0.1, 0.15) is 18.0 Å². The maximum absolute atomic E-state index is 12.6. The molecule has 1 aromatic carbocycles. The van der Waals surface area contributed by atoms with Gasteiger partial charge in [-0.3, -0.25) is 4.79 Å². The molecule has 6 nitrogen and oxygen atoms in total. The second-order valence-corrected chi connectivity index (χ2v) is 5.63. The molecule has 0 aliphatic carbocycles. The fraction of sp³-hybridized carbons (Fsp3) is 0.412. The smallest absolute Gasteiger partial charge is 0.224 e. The molecule has 1 unspecified atom stereocenters. The third-order valence-corrected chi connectivity index (χ3v) is 4.21. The van der Waals surface area contributed by atoms with Gasteiger partial charge >= 0.3 is 0 Å². The molecule has 1 amide bonds. The lowest BCUT2D eigenvalue weighted by atomic mass is 10.0. The number of nitrogens with zero attached hydrogens (tertiary/aromatic N) is 3. The minimum Gasteiger partial charge on any atom is -0.497 e. The highest BCUT2D eigenvalue weighted by atomic mass is 16.5. The number of piperazine rings is 1. The molecular formula is C17H22N4O2. The Labute approximate surface area is 136 Å². The molecule has 1 N–H and O–H groups in total. The van der Waals surface area contributed by atoms with E-state index in [1.807, 2.05) is 39.9 Å². The van der Waals surface area contributed by atoms with E-state index >= 15 is 0 Å². The van der Waals surface area contributed by atoms with Crippen LogP contribution in [-0.2, 0) is 11.3 Å². The highest BCUT2D eigenvalue weighted by Crippen LogP contribution is 2.25. The first-order chi connectivity index (χ1) is 11.3. The van der Waals surface area contributed by atoms with Crippen LogP contribution in [0.3, 0.4) is 0 Å². The van der Waals surface area contributed by atoms with Crippen molar-refractivity contribution < 1.29 is 9.53 Å². The molecule has 1 fully saturated rings.